The highest BCUT2D eigenvalue weighted by molar-refractivity contribution is 5.87. The van der Waals surface area contributed by atoms with Crippen LogP contribution < -0.4 is 10.2 Å². The fourth-order valence-electron chi connectivity index (χ4n) is 4.79. The van der Waals surface area contributed by atoms with E-state index in [0.29, 0.717) is 30.9 Å². The standard InChI is InChI=1S/C26H25F6N9/c1-40(2)13-15-4-3-9-41(14-15)21-10-17(26(30,31)32)22(39-38-21)19-12-35-23-18(7-8-33-24(23)37-19)36-20-6-5-16(11-34-20)25(27,28)29/h5-8,10-12,15H,3-4,9,13-14H2,1-2H3,(H,33,34,36,37). The normalized spacial score (nSPS) is 16.4. The summed E-state index contributed by atoms with van der Waals surface area (Å²) < 4.78 is 81.1. The number of rotatable bonds is 6. The van der Waals surface area contributed by atoms with Gasteiger partial charge in [0.25, 0.3) is 0 Å². The third-order valence-electron chi connectivity index (χ3n) is 6.60. The zero-order valence-electron chi connectivity index (χ0n) is 22.0. The summed E-state index contributed by atoms with van der Waals surface area (Å²) in [4.78, 5) is 20.2. The second-order valence-electron chi connectivity index (χ2n) is 10.0. The lowest BCUT2D eigenvalue weighted by Crippen LogP contribution is -2.40. The Labute approximate surface area is 230 Å². The van der Waals surface area contributed by atoms with E-state index in [1.54, 1.807) is 0 Å². The second-order valence-corrected chi connectivity index (χ2v) is 10.0. The molecule has 0 amide bonds. The molecule has 216 valence electrons. The first-order chi connectivity index (χ1) is 19.4. The fraction of sp³-hybridized carbons (Fsp3) is 0.385. The van der Waals surface area contributed by atoms with Crippen molar-refractivity contribution in [3.8, 4) is 11.4 Å². The molecular formula is C26H25F6N9. The van der Waals surface area contributed by atoms with Crippen LogP contribution in [0.1, 0.15) is 24.0 Å². The van der Waals surface area contributed by atoms with E-state index >= 15 is 0 Å². The molecule has 4 aromatic rings. The molecule has 41 heavy (non-hydrogen) atoms. The Morgan fingerprint density at radius 3 is 2.46 bits per heavy atom. The van der Waals surface area contributed by atoms with E-state index in [0.717, 1.165) is 43.8 Å². The van der Waals surface area contributed by atoms with E-state index in [1.807, 2.05) is 19.0 Å². The van der Waals surface area contributed by atoms with Crippen LogP contribution in [0.2, 0.25) is 0 Å². The lowest BCUT2D eigenvalue weighted by molar-refractivity contribution is -0.138. The number of alkyl halides is 6. The van der Waals surface area contributed by atoms with Crippen molar-refractivity contribution in [2.45, 2.75) is 25.2 Å². The number of anilines is 3. The van der Waals surface area contributed by atoms with Crippen LogP contribution in [0.4, 0.5) is 43.7 Å². The van der Waals surface area contributed by atoms with E-state index in [4.69, 9.17) is 0 Å². The molecule has 5 heterocycles. The summed E-state index contributed by atoms with van der Waals surface area (Å²) in [7, 11) is 3.92. The van der Waals surface area contributed by atoms with Crippen molar-refractivity contribution < 1.29 is 26.3 Å². The van der Waals surface area contributed by atoms with Crippen LogP contribution in [-0.4, -0.2) is 68.8 Å². The van der Waals surface area contributed by atoms with Crippen molar-refractivity contribution >= 4 is 28.5 Å². The number of halogens is 6. The summed E-state index contributed by atoms with van der Waals surface area (Å²) in [5.41, 5.74) is -2.08. The van der Waals surface area contributed by atoms with E-state index < -0.39 is 29.2 Å². The monoisotopic (exact) mass is 577 g/mol. The minimum atomic E-state index is -4.74. The molecule has 0 aliphatic carbocycles. The van der Waals surface area contributed by atoms with E-state index in [9.17, 15) is 26.3 Å². The number of hydrogen-bond donors (Lipinski definition) is 1. The Hall–Kier alpha value is -4.14. The first-order valence-corrected chi connectivity index (χ1v) is 12.7. The highest BCUT2D eigenvalue weighted by Gasteiger charge is 2.37. The van der Waals surface area contributed by atoms with Crippen molar-refractivity contribution in [3.63, 3.8) is 0 Å². The Morgan fingerprint density at radius 2 is 1.78 bits per heavy atom. The van der Waals surface area contributed by atoms with Crippen LogP contribution in [0.15, 0.2) is 42.9 Å². The van der Waals surface area contributed by atoms with Gasteiger partial charge in [-0.2, -0.15) is 26.3 Å². The van der Waals surface area contributed by atoms with Crippen LogP contribution >= 0.6 is 0 Å². The molecule has 5 rings (SSSR count). The fourth-order valence-corrected chi connectivity index (χ4v) is 4.79. The molecule has 15 heteroatoms. The first-order valence-electron chi connectivity index (χ1n) is 12.7. The molecule has 1 atom stereocenters. The molecule has 0 spiro atoms. The van der Waals surface area contributed by atoms with E-state index in [1.165, 1.54) is 12.3 Å². The van der Waals surface area contributed by atoms with Gasteiger partial charge in [-0.1, -0.05) is 0 Å². The number of piperidine rings is 1. The van der Waals surface area contributed by atoms with Gasteiger partial charge >= 0.3 is 12.4 Å². The van der Waals surface area contributed by atoms with Gasteiger partial charge < -0.3 is 15.1 Å². The van der Waals surface area contributed by atoms with Crippen LogP contribution in [0.5, 0.6) is 0 Å². The summed E-state index contributed by atoms with van der Waals surface area (Å²) in [6.45, 7) is 1.98. The SMILES string of the molecule is CN(C)CC1CCCN(c2cc(C(F)(F)F)c(-c3cnc4c(Nc5ccc(C(F)(F)F)cn5)ccnc4n3)nn2)C1. The molecule has 0 aromatic carbocycles. The van der Waals surface area contributed by atoms with Crippen LogP contribution in [0, 0.1) is 5.92 Å². The molecule has 1 saturated heterocycles. The molecule has 1 unspecified atom stereocenters. The molecule has 0 bridgehead atoms. The predicted molar refractivity (Wildman–Crippen MR) is 139 cm³/mol. The molecule has 1 aliphatic heterocycles. The van der Waals surface area contributed by atoms with Crippen LogP contribution in [0.3, 0.4) is 0 Å². The molecule has 1 fully saturated rings. The summed E-state index contributed by atoms with van der Waals surface area (Å²) in [6, 6.07) is 4.51. The van der Waals surface area contributed by atoms with Gasteiger partial charge in [-0.25, -0.2) is 19.9 Å². The largest absolute Gasteiger partial charge is 0.418 e. The van der Waals surface area contributed by atoms with Crippen molar-refractivity contribution in [2.24, 2.45) is 5.92 Å². The second kappa shape index (κ2) is 11.0. The Morgan fingerprint density at radius 1 is 0.976 bits per heavy atom. The zero-order chi connectivity index (χ0) is 29.4. The number of hydrogen-bond acceptors (Lipinski definition) is 9. The van der Waals surface area contributed by atoms with Gasteiger partial charge in [0.05, 0.1) is 23.0 Å². The summed E-state index contributed by atoms with van der Waals surface area (Å²) in [5.74, 6) is 0.544. The third kappa shape index (κ3) is 6.45. The zero-order valence-corrected chi connectivity index (χ0v) is 22.0. The smallest absolute Gasteiger partial charge is 0.355 e. The number of fused-ring (bicyclic) bond motifs is 1. The van der Waals surface area contributed by atoms with Gasteiger partial charge in [-0.05, 0) is 57.1 Å². The van der Waals surface area contributed by atoms with Gasteiger partial charge in [0.15, 0.2) is 11.5 Å². The van der Waals surface area contributed by atoms with Crippen LogP contribution in [0.25, 0.3) is 22.6 Å². The maximum Gasteiger partial charge on any atom is 0.418 e. The third-order valence-corrected chi connectivity index (χ3v) is 6.60. The highest BCUT2D eigenvalue weighted by atomic mass is 19.4. The minimum Gasteiger partial charge on any atom is -0.355 e. The number of nitrogens with zero attached hydrogens (tertiary/aromatic N) is 8. The van der Waals surface area contributed by atoms with Gasteiger partial charge in [0.2, 0.25) is 0 Å². The number of aromatic nitrogens is 6. The van der Waals surface area contributed by atoms with Gasteiger partial charge in [0.1, 0.15) is 22.7 Å². The number of nitrogens with one attached hydrogen (secondary N) is 1. The average molecular weight is 578 g/mol. The van der Waals surface area contributed by atoms with Gasteiger partial charge in [-0.15, -0.1) is 10.2 Å². The molecule has 9 nitrogen and oxygen atoms in total. The predicted octanol–water partition coefficient (Wildman–Crippen LogP) is 5.44. The number of pyridine rings is 2. The minimum absolute atomic E-state index is 0.000899. The van der Waals surface area contributed by atoms with E-state index in [-0.39, 0.29) is 28.5 Å². The van der Waals surface area contributed by atoms with Crippen molar-refractivity contribution in [2.75, 3.05) is 43.9 Å². The topological polar surface area (TPSA) is 95.8 Å². The van der Waals surface area contributed by atoms with Crippen LogP contribution in [-0.2, 0) is 12.4 Å². The Balaban J connectivity index is 1.45. The molecule has 0 radical (unpaired) electrons. The molecule has 1 N–H and O–H groups in total. The molecule has 1 aliphatic rings. The summed E-state index contributed by atoms with van der Waals surface area (Å²) in [5, 5.41) is 10.9. The summed E-state index contributed by atoms with van der Waals surface area (Å²) >= 11 is 0. The average Bonchev–Trinajstić information content (AvgIpc) is 2.92. The van der Waals surface area contributed by atoms with Crippen molar-refractivity contribution in [3.05, 3.63) is 54.0 Å². The quantitative estimate of drug-likeness (QED) is 0.301. The van der Waals surface area contributed by atoms with E-state index in [2.05, 4.69) is 40.3 Å². The molecular weight excluding hydrogens is 552 g/mol. The van der Waals surface area contributed by atoms with Gasteiger partial charge in [0, 0.05) is 32.0 Å². The molecule has 4 aromatic heterocycles. The van der Waals surface area contributed by atoms with Crippen molar-refractivity contribution in [1.82, 2.24) is 35.0 Å². The Bertz CT molecular complexity index is 1520. The van der Waals surface area contributed by atoms with Crippen molar-refractivity contribution in [1.29, 1.82) is 0 Å². The lowest BCUT2D eigenvalue weighted by atomic mass is 9.97. The highest BCUT2D eigenvalue weighted by Crippen LogP contribution is 2.38. The first kappa shape index (κ1) is 28.4. The summed E-state index contributed by atoms with van der Waals surface area (Å²) in [6.07, 6.45) is -4.30. The maximum atomic E-state index is 14.2. The van der Waals surface area contributed by atoms with Gasteiger partial charge in [-0.3, -0.25) is 0 Å². The Kier molecular flexibility index (Phi) is 7.64. The molecule has 0 saturated carbocycles. The lowest BCUT2D eigenvalue weighted by Gasteiger charge is -2.34. The maximum absolute atomic E-state index is 14.2.